The van der Waals surface area contributed by atoms with Crippen molar-refractivity contribution in [1.29, 1.82) is 0 Å². The molecule has 1 nitrogen and oxygen atoms in total. The average molecular weight is 358 g/mol. The van der Waals surface area contributed by atoms with Gasteiger partial charge in [-0.05, 0) is 65.3 Å². The second-order valence-electron chi connectivity index (χ2n) is 7.33. The van der Waals surface area contributed by atoms with Gasteiger partial charge in [0.2, 0.25) is 0 Å². The number of rotatable bonds is 1. The largest absolute Gasteiger partial charge is 0.247 e. The summed E-state index contributed by atoms with van der Waals surface area (Å²) >= 11 is 6.11. The van der Waals surface area contributed by atoms with E-state index in [4.69, 9.17) is 16.6 Å². The van der Waals surface area contributed by atoms with E-state index in [2.05, 4.69) is 55.5 Å². The number of benzene rings is 3. The van der Waals surface area contributed by atoms with E-state index in [1.54, 1.807) is 0 Å². The Morgan fingerprint density at radius 2 is 1.77 bits per heavy atom. The van der Waals surface area contributed by atoms with Crippen molar-refractivity contribution in [3.63, 3.8) is 0 Å². The molecule has 5 rings (SSSR count). The molecule has 0 N–H and O–H groups in total. The molecule has 2 heteroatoms. The molecule has 4 aromatic rings. The maximum absolute atomic E-state index is 6.11. The fourth-order valence-electron chi connectivity index (χ4n) is 4.48. The van der Waals surface area contributed by atoms with E-state index < -0.39 is 0 Å². The summed E-state index contributed by atoms with van der Waals surface area (Å²) in [6.07, 6.45) is 3.58. The van der Waals surface area contributed by atoms with Gasteiger partial charge in [0, 0.05) is 16.0 Å². The van der Waals surface area contributed by atoms with Crippen LogP contribution in [0, 0.1) is 0 Å². The van der Waals surface area contributed by atoms with E-state index in [1.165, 1.54) is 40.1 Å². The third kappa shape index (κ3) is 2.42. The maximum Gasteiger partial charge on any atom is 0.0744 e. The average Bonchev–Trinajstić information content (AvgIpc) is 2.68. The topological polar surface area (TPSA) is 12.9 Å². The van der Waals surface area contributed by atoms with Gasteiger partial charge < -0.3 is 0 Å². The first kappa shape index (κ1) is 15.8. The number of hydrogen-bond donors (Lipinski definition) is 0. The number of hydrogen-bond acceptors (Lipinski definition) is 1. The lowest BCUT2D eigenvalue weighted by Gasteiger charge is -2.27. The Hall–Kier alpha value is -2.38. The summed E-state index contributed by atoms with van der Waals surface area (Å²) in [5, 5.41) is 4.73. The minimum absolute atomic E-state index is 0.557. The fraction of sp³-hybridized carbons (Fsp3) is 0.208. The van der Waals surface area contributed by atoms with Gasteiger partial charge in [0.1, 0.15) is 0 Å². The third-order valence-electron chi connectivity index (χ3n) is 5.69. The van der Waals surface area contributed by atoms with Gasteiger partial charge in [0.05, 0.1) is 11.2 Å². The highest BCUT2D eigenvalue weighted by Gasteiger charge is 2.24. The minimum Gasteiger partial charge on any atom is -0.247 e. The van der Waals surface area contributed by atoms with Crippen molar-refractivity contribution in [2.75, 3.05) is 0 Å². The number of fused-ring (bicyclic) bond motifs is 5. The molecule has 0 saturated carbocycles. The summed E-state index contributed by atoms with van der Waals surface area (Å²) in [6.45, 7) is 2.37. The highest BCUT2D eigenvalue weighted by Crippen LogP contribution is 2.42. The highest BCUT2D eigenvalue weighted by molar-refractivity contribution is 6.30. The molecule has 0 bridgehead atoms. The van der Waals surface area contributed by atoms with E-state index in [1.807, 2.05) is 12.1 Å². The molecule has 0 radical (unpaired) electrons. The molecule has 1 aromatic heterocycles. The summed E-state index contributed by atoms with van der Waals surface area (Å²) in [5.41, 5.74) is 6.32. The second-order valence-corrected chi connectivity index (χ2v) is 7.77. The summed E-state index contributed by atoms with van der Waals surface area (Å²) in [7, 11) is 0. The molecule has 26 heavy (non-hydrogen) atoms. The van der Waals surface area contributed by atoms with Gasteiger partial charge in [-0.3, -0.25) is 0 Å². The van der Waals surface area contributed by atoms with Crippen LogP contribution in [0.5, 0.6) is 0 Å². The summed E-state index contributed by atoms with van der Waals surface area (Å²) in [4.78, 5) is 5.13. The summed E-state index contributed by atoms with van der Waals surface area (Å²) in [5.74, 6) is 0.557. The zero-order chi connectivity index (χ0) is 17.7. The van der Waals surface area contributed by atoms with Crippen LogP contribution in [-0.4, -0.2) is 4.98 Å². The van der Waals surface area contributed by atoms with Crippen molar-refractivity contribution < 1.29 is 0 Å². The van der Waals surface area contributed by atoms with E-state index in [9.17, 15) is 0 Å². The molecule has 1 aliphatic carbocycles. The van der Waals surface area contributed by atoms with Gasteiger partial charge in [0.15, 0.2) is 0 Å². The van der Waals surface area contributed by atoms with Crippen molar-refractivity contribution in [2.45, 2.75) is 32.1 Å². The summed E-state index contributed by atoms with van der Waals surface area (Å²) < 4.78 is 0. The van der Waals surface area contributed by atoms with Gasteiger partial charge >= 0.3 is 0 Å². The molecule has 0 saturated heterocycles. The first-order valence-corrected chi connectivity index (χ1v) is 9.70. The third-order valence-corrected chi connectivity index (χ3v) is 5.95. The maximum atomic E-state index is 6.11. The lowest BCUT2D eigenvalue weighted by atomic mass is 9.79. The second kappa shape index (κ2) is 6.10. The molecule has 0 amide bonds. The molecular formula is C24H20ClN. The van der Waals surface area contributed by atoms with Crippen LogP contribution in [0.4, 0.5) is 0 Å². The van der Waals surface area contributed by atoms with Crippen LogP contribution in [0.2, 0.25) is 5.02 Å². The zero-order valence-electron chi connectivity index (χ0n) is 14.8. The van der Waals surface area contributed by atoms with Gasteiger partial charge in [-0.1, -0.05) is 61.0 Å². The van der Waals surface area contributed by atoms with Gasteiger partial charge in [-0.2, -0.15) is 0 Å². The molecule has 1 aliphatic rings. The minimum atomic E-state index is 0.557. The lowest BCUT2D eigenvalue weighted by Crippen LogP contribution is -2.11. The molecule has 0 spiro atoms. The molecule has 0 fully saturated rings. The van der Waals surface area contributed by atoms with Crippen molar-refractivity contribution in [2.24, 2.45) is 0 Å². The van der Waals surface area contributed by atoms with Crippen LogP contribution in [0.1, 0.15) is 36.8 Å². The first-order chi connectivity index (χ1) is 12.7. The normalized spacial score (nSPS) is 16.8. The van der Waals surface area contributed by atoms with Crippen LogP contribution < -0.4 is 0 Å². The molecule has 1 unspecified atom stereocenters. The Balaban J connectivity index is 1.91. The smallest absolute Gasteiger partial charge is 0.0744 e. The Morgan fingerprint density at radius 3 is 2.62 bits per heavy atom. The SMILES string of the molecule is CC1CCCc2c(-c3ccc(Cl)cc3)nc3ccc4ccccc4c3c21. The van der Waals surface area contributed by atoms with Gasteiger partial charge in [-0.15, -0.1) is 0 Å². The molecule has 128 valence electrons. The standard InChI is InChI=1S/C24H20ClN/c1-15-5-4-8-20-22(15)23-19-7-3-2-6-16(19)11-14-21(23)26-24(20)17-9-12-18(25)13-10-17/h2-3,6-7,9-15H,4-5,8H2,1H3. The van der Waals surface area contributed by atoms with E-state index >= 15 is 0 Å². The van der Waals surface area contributed by atoms with E-state index in [-0.39, 0.29) is 0 Å². The Labute approximate surface area is 158 Å². The van der Waals surface area contributed by atoms with Crippen LogP contribution in [0.3, 0.4) is 0 Å². The highest BCUT2D eigenvalue weighted by atomic mass is 35.5. The van der Waals surface area contributed by atoms with E-state index in [0.29, 0.717) is 5.92 Å². The predicted octanol–water partition coefficient (Wildman–Crippen LogP) is 7.15. The van der Waals surface area contributed by atoms with Gasteiger partial charge in [0.25, 0.3) is 0 Å². The number of nitrogens with zero attached hydrogens (tertiary/aromatic N) is 1. The first-order valence-electron chi connectivity index (χ1n) is 9.32. The Kier molecular flexibility index (Phi) is 3.72. The number of halogens is 1. The van der Waals surface area contributed by atoms with Crippen LogP contribution in [0.15, 0.2) is 60.7 Å². The fourth-order valence-corrected chi connectivity index (χ4v) is 4.60. The Morgan fingerprint density at radius 1 is 0.962 bits per heavy atom. The molecular weight excluding hydrogens is 338 g/mol. The van der Waals surface area contributed by atoms with Crippen LogP contribution in [0.25, 0.3) is 32.9 Å². The van der Waals surface area contributed by atoms with Crippen molar-refractivity contribution in [3.05, 3.63) is 76.8 Å². The number of pyridine rings is 1. The van der Waals surface area contributed by atoms with Crippen LogP contribution in [-0.2, 0) is 6.42 Å². The summed E-state index contributed by atoms with van der Waals surface area (Å²) in [6, 6.07) is 21.2. The predicted molar refractivity (Wildman–Crippen MR) is 111 cm³/mol. The quantitative estimate of drug-likeness (QED) is 0.329. The van der Waals surface area contributed by atoms with E-state index in [0.717, 1.165) is 28.2 Å². The van der Waals surface area contributed by atoms with Crippen LogP contribution >= 0.6 is 11.6 Å². The Bertz CT molecular complexity index is 1130. The zero-order valence-corrected chi connectivity index (χ0v) is 15.6. The van der Waals surface area contributed by atoms with Gasteiger partial charge in [-0.25, -0.2) is 4.98 Å². The lowest BCUT2D eigenvalue weighted by molar-refractivity contribution is 0.594. The van der Waals surface area contributed by atoms with Crippen molar-refractivity contribution >= 4 is 33.3 Å². The van der Waals surface area contributed by atoms with Crippen molar-refractivity contribution in [3.8, 4) is 11.3 Å². The number of aromatic nitrogens is 1. The molecule has 3 aromatic carbocycles. The molecule has 1 atom stereocenters. The molecule has 0 aliphatic heterocycles. The molecule has 1 heterocycles. The van der Waals surface area contributed by atoms with Crippen molar-refractivity contribution in [1.82, 2.24) is 4.98 Å². The monoisotopic (exact) mass is 357 g/mol.